The van der Waals surface area contributed by atoms with Gasteiger partial charge >= 0.3 is 0 Å². The number of aromatic nitrogens is 2. The van der Waals surface area contributed by atoms with Crippen LogP contribution in [0.2, 0.25) is 0 Å². The Bertz CT molecular complexity index is 685. The monoisotopic (exact) mass is 373 g/mol. The van der Waals surface area contributed by atoms with Crippen LogP contribution in [0.25, 0.3) is 0 Å². The zero-order valence-electron chi connectivity index (χ0n) is 15.8. The van der Waals surface area contributed by atoms with Gasteiger partial charge in [-0.1, -0.05) is 12.8 Å². The second kappa shape index (κ2) is 7.80. The lowest BCUT2D eigenvalue weighted by Crippen LogP contribution is -2.49. The Hall–Kier alpha value is -2.22. The largest absolute Gasteiger partial charge is 0.383 e. The third kappa shape index (κ3) is 3.50. The van der Waals surface area contributed by atoms with Crippen molar-refractivity contribution in [3.63, 3.8) is 0 Å². The predicted molar refractivity (Wildman–Crippen MR) is 98.8 cm³/mol. The quantitative estimate of drug-likeness (QED) is 0.763. The molecule has 1 saturated carbocycles. The van der Waals surface area contributed by atoms with Gasteiger partial charge < -0.3 is 19.4 Å². The van der Waals surface area contributed by atoms with Crippen molar-refractivity contribution in [1.82, 2.24) is 19.8 Å². The molecule has 3 heterocycles. The number of rotatable bonds is 5. The minimum Gasteiger partial charge on any atom is -0.383 e. The van der Waals surface area contributed by atoms with Gasteiger partial charge in [0.2, 0.25) is 17.8 Å². The average molecular weight is 373 g/mol. The molecule has 4 rings (SSSR count). The molecule has 146 valence electrons. The summed E-state index contributed by atoms with van der Waals surface area (Å²) in [5.74, 6) is 1.13. The van der Waals surface area contributed by atoms with Crippen molar-refractivity contribution in [2.24, 2.45) is 5.92 Å². The number of nitrogens with zero attached hydrogens (tertiary/aromatic N) is 5. The first-order valence-corrected chi connectivity index (χ1v) is 9.80. The molecule has 0 spiro atoms. The maximum absolute atomic E-state index is 13.4. The lowest BCUT2D eigenvalue weighted by atomic mass is 9.85. The number of carbonyl (C=O) groups excluding carboxylic acids is 2. The lowest BCUT2D eigenvalue weighted by molar-refractivity contribution is -0.133. The number of methoxy groups -OCH3 is 1. The fraction of sp³-hybridized carbons (Fsp3) is 0.684. The molecule has 3 atom stereocenters. The normalized spacial score (nSPS) is 28.0. The lowest BCUT2D eigenvalue weighted by Gasteiger charge is -2.34. The minimum absolute atomic E-state index is 0.0154. The van der Waals surface area contributed by atoms with Gasteiger partial charge in [0.15, 0.2) is 0 Å². The van der Waals surface area contributed by atoms with Crippen molar-refractivity contribution in [2.75, 3.05) is 38.4 Å². The summed E-state index contributed by atoms with van der Waals surface area (Å²) >= 11 is 0. The van der Waals surface area contributed by atoms with Gasteiger partial charge in [-0.25, -0.2) is 9.97 Å². The maximum atomic E-state index is 13.4. The number of fused-ring (bicyclic) bond motifs is 1. The number of carbonyl (C=O) groups is 2. The zero-order chi connectivity index (χ0) is 18.8. The van der Waals surface area contributed by atoms with E-state index >= 15 is 0 Å². The molecule has 2 amide bonds. The second-order valence-corrected chi connectivity index (χ2v) is 7.65. The molecule has 1 aliphatic carbocycles. The van der Waals surface area contributed by atoms with Gasteiger partial charge in [-0.3, -0.25) is 9.59 Å². The fourth-order valence-corrected chi connectivity index (χ4v) is 4.75. The first-order valence-electron chi connectivity index (χ1n) is 9.80. The van der Waals surface area contributed by atoms with Crippen molar-refractivity contribution < 1.29 is 14.3 Å². The number of hydrogen-bond acceptors (Lipinski definition) is 6. The van der Waals surface area contributed by atoms with Crippen LogP contribution in [0.5, 0.6) is 0 Å². The maximum Gasteiger partial charge on any atom is 0.247 e. The number of hydrogen-bond donors (Lipinski definition) is 0. The van der Waals surface area contributed by atoms with Gasteiger partial charge in [-0.15, -0.1) is 0 Å². The van der Waals surface area contributed by atoms with Crippen LogP contribution >= 0.6 is 0 Å². The standard InChI is InChI=1S/C19H27N5O3/c1-27-10-9-22-13-23(12-17(22)25)18(26)16-11-14-5-2-3-6-15(14)24(16)19-20-7-4-8-21-19/h4,7-8,14-16H,2-3,5-6,9-13H2,1H3. The van der Waals surface area contributed by atoms with E-state index in [1.54, 1.807) is 35.4 Å². The van der Waals surface area contributed by atoms with Gasteiger partial charge in [-0.05, 0) is 31.2 Å². The molecule has 1 aromatic heterocycles. The van der Waals surface area contributed by atoms with Crippen LogP contribution in [0.3, 0.4) is 0 Å². The highest BCUT2D eigenvalue weighted by atomic mass is 16.5. The SMILES string of the molecule is COCCN1CN(C(=O)C2CC3CCCCC3N2c2ncccn2)CC1=O. The Kier molecular flexibility index (Phi) is 5.24. The van der Waals surface area contributed by atoms with Crippen LogP contribution in [0.1, 0.15) is 32.1 Å². The predicted octanol–water partition coefficient (Wildman–Crippen LogP) is 0.889. The fourth-order valence-electron chi connectivity index (χ4n) is 4.75. The Labute approximate surface area is 159 Å². The second-order valence-electron chi connectivity index (χ2n) is 7.65. The van der Waals surface area contributed by atoms with Crippen LogP contribution in [0.15, 0.2) is 18.5 Å². The van der Waals surface area contributed by atoms with Gasteiger partial charge in [0, 0.05) is 32.1 Å². The van der Waals surface area contributed by atoms with E-state index in [0.717, 1.165) is 19.3 Å². The van der Waals surface area contributed by atoms with E-state index in [0.29, 0.717) is 37.7 Å². The molecule has 0 aromatic carbocycles. The van der Waals surface area contributed by atoms with Crippen molar-refractivity contribution in [3.05, 3.63) is 18.5 Å². The Morgan fingerprint density at radius 1 is 1.26 bits per heavy atom. The van der Waals surface area contributed by atoms with E-state index in [9.17, 15) is 9.59 Å². The van der Waals surface area contributed by atoms with Gasteiger partial charge in [0.1, 0.15) is 12.6 Å². The first kappa shape index (κ1) is 18.2. The summed E-state index contributed by atoms with van der Waals surface area (Å²) in [6.07, 6.45) is 8.90. The zero-order valence-corrected chi connectivity index (χ0v) is 15.8. The summed E-state index contributed by atoms with van der Waals surface area (Å²) in [7, 11) is 1.61. The van der Waals surface area contributed by atoms with E-state index in [-0.39, 0.29) is 24.4 Å². The van der Waals surface area contributed by atoms with Crippen LogP contribution < -0.4 is 4.90 Å². The van der Waals surface area contributed by atoms with Gasteiger partial charge in [0.25, 0.3) is 0 Å². The highest BCUT2D eigenvalue weighted by Gasteiger charge is 2.48. The van der Waals surface area contributed by atoms with Gasteiger partial charge in [0.05, 0.1) is 13.3 Å². The summed E-state index contributed by atoms with van der Waals surface area (Å²) in [5.41, 5.74) is 0. The molecule has 2 aliphatic heterocycles. The molecule has 0 N–H and O–H groups in total. The highest BCUT2D eigenvalue weighted by molar-refractivity contribution is 5.92. The number of amides is 2. The smallest absolute Gasteiger partial charge is 0.247 e. The van der Waals surface area contributed by atoms with Gasteiger partial charge in [-0.2, -0.15) is 0 Å². The molecule has 8 heteroatoms. The van der Waals surface area contributed by atoms with E-state index in [2.05, 4.69) is 14.9 Å². The summed E-state index contributed by atoms with van der Waals surface area (Å²) in [5, 5.41) is 0. The minimum atomic E-state index is -0.282. The molecule has 2 saturated heterocycles. The molecular weight excluding hydrogens is 346 g/mol. The Balaban J connectivity index is 1.54. The third-order valence-corrected chi connectivity index (χ3v) is 6.05. The van der Waals surface area contributed by atoms with Crippen LogP contribution in [-0.4, -0.2) is 77.1 Å². The van der Waals surface area contributed by atoms with Crippen LogP contribution in [0, 0.1) is 5.92 Å². The molecule has 3 unspecified atom stereocenters. The third-order valence-electron chi connectivity index (χ3n) is 6.05. The average Bonchev–Trinajstić information content (AvgIpc) is 3.27. The summed E-state index contributed by atoms with van der Waals surface area (Å²) in [6.45, 7) is 1.49. The van der Waals surface area contributed by atoms with Crippen molar-refractivity contribution >= 4 is 17.8 Å². The van der Waals surface area contributed by atoms with Crippen LogP contribution in [-0.2, 0) is 14.3 Å². The Morgan fingerprint density at radius 3 is 2.81 bits per heavy atom. The van der Waals surface area contributed by atoms with Crippen molar-refractivity contribution in [3.8, 4) is 0 Å². The molecule has 3 aliphatic rings. The molecular formula is C19H27N5O3. The van der Waals surface area contributed by atoms with Crippen LogP contribution in [0.4, 0.5) is 5.95 Å². The summed E-state index contributed by atoms with van der Waals surface area (Å²) in [6, 6.07) is 1.83. The van der Waals surface area contributed by atoms with Crippen molar-refractivity contribution in [1.29, 1.82) is 0 Å². The van der Waals surface area contributed by atoms with E-state index in [1.807, 2.05) is 0 Å². The molecule has 3 fully saturated rings. The molecule has 1 aromatic rings. The van der Waals surface area contributed by atoms with E-state index in [4.69, 9.17) is 4.74 Å². The number of anilines is 1. The molecule has 0 bridgehead atoms. The first-order chi connectivity index (χ1) is 13.2. The molecule has 27 heavy (non-hydrogen) atoms. The number of ether oxygens (including phenoxy) is 1. The topological polar surface area (TPSA) is 78.9 Å². The molecule has 8 nitrogen and oxygen atoms in total. The van der Waals surface area contributed by atoms with Crippen molar-refractivity contribution in [2.45, 2.75) is 44.2 Å². The Morgan fingerprint density at radius 2 is 2.04 bits per heavy atom. The summed E-state index contributed by atoms with van der Waals surface area (Å²) in [4.78, 5) is 40.0. The summed E-state index contributed by atoms with van der Waals surface area (Å²) < 4.78 is 5.06. The molecule has 0 radical (unpaired) electrons. The highest BCUT2D eigenvalue weighted by Crippen LogP contribution is 2.41. The van der Waals surface area contributed by atoms with E-state index < -0.39 is 0 Å². The van der Waals surface area contributed by atoms with E-state index in [1.165, 1.54) is 12.8 Å².